The van der Waals surface area contributed by atoms with E-state index in [0.29, 0.717) is 0 Å². The number of amides is 1. The van der Waals surface area contributed by atoms with E-state index in [1.807, 2.05) is 6.92 Å². The van der Waals surface area contributed by atoms with E-state index in [9.17, 15) is 4.79 Å². The van der Waals surface area contributed by atoms with Crippen LogP contribution < -0.4 is 5.32 Å². The van der Waals surface area contributed by atoms with Gasteiger partial charge < -0.3 is 10.4 Å². The normalized spacial score (nSPS) is 21.9. The molecule has 1 rings (SSSR count). The van der Waals surface area contributed by atoms with Crippen LogP contribution in [0.3, 0.4) is 0 Å². The quantitative estimate of drug-likeness (QED) is 0.720. The van der Waals surface area contributed by atoms with E-state index in [1.54, 1.807) is 0 Å². The molecule has 1 amide bonds. The number of aliphatic hydroxyl groups excluding tert-OH is 1. The van der Waals surface area contributed by atoms with Crippen molar-refractivity contribution in [3.63, 3.8) is 0 Å². The van der Waals surface area contributed by atoms with Gasteiger partial charge in [-0.15, -0.1) is 0 Å². The number of aliphatic hydroxyl groups is 1. The van der Waals surface area contributed by atoms with Crippen LogP contribution in [-0.4, -0.2) is 23.7 Å². The highest BCUT2D eigenvalue weighted by molar-refractivity contribution is 5.83. The molecule has 3 heteroatoms. The van der Waals surface area contributed by atoms with Crippen LogP contribution >= 0.6 is 0 Å². The summed E-state index contributed by atoms with van der Waals surface area (Å²) in [4.78, 5) is 11.9. The van der Waals surface area contributed by atoms with Gasteiger partial charge >= 0.3 is 0 Å². The number of carbonyl (C=O) groups excluding carboxylic acids is 1. The summed E-state index contributed by atoms with van der Waals surface area (Å²) in [7, 11) is 0. The minimum atomic E-state index is -0.135. The summed E-state index contributed by atoms with van der Waals surface area (Å²) < 4.78 is 0. The van der Waals surface area contributed by atoms with E-state index >= 15 is 0 Å². The smallest absolute Gasteiger partial charge is 0.226 e. The van der Waals surface area contributed by atoms with E-state index in [0.717, 1.165) is 32.1 Å². The molecule has 14 heavy (non-hydrogen) atoms. The maximum absolute atomic E-state index is 11.9. The maximum Gasteiger partial charge on any atom is 0.226 e. The fourth-order valence-corrected chi connectivity index (χ4v) is 2.22. The number of carbonyl (C=O) groups is 1. The first-order valence-corrected chi connectivity index (χ1v) is 5.56. The van der Waals surface area contributed by atoms with E-state index in [4.69, 9.17) is 5.11 Å². The summed E-state index contributed by atoms with van der Waals surface area (Å²) in [6.07, 6.45) is 5.25. The van der Waals surface area contributed by atoms with Crippen molar-refractivity contribution in [2.45, 2.75) is 52.0 Å². The minimum Gasteiger partial charge on any atom is -0.394 e. The van der Waals surface area contributed by atoms with Gasteiger partial charge in [-0.3, -0.25) is 4.79 Å². The van der Waals surface area contributed by atoms with Gasteiger partial charge in [-0.25, -0.2) is 0 Å². The Kier molecular flexibility index (Phi) is 3.93. The van der Waals surface area contributed by atoms with E-state index < -0.39 is 0 Å². The molecule has 0 aromatic rings. The fraction of sp³-hybridized carbons (Fsp3) is 0.909. The van der Waals surface area contributed by atoms with Gasteiger partial charge in [0, 0.05) is 11.5 Å². The average Bonchev–Trinajstić information content (AvgIpc) is 2.67. The first-order valence-electron chi connectivity index (χ1n) is 5.56. The van der Waals surface area contributed by atoms with Gasteiger partial charge in [0.05, 0.1) is 6.61 Å². The fourth-order valence-electron chi connectivity index (χ4n) is 2.22. The number of hydrogen-bond donors (Lipinski definition) is 2. The molecule has 1 aliphatic carbocycles. The predicted octanol–water partition coefficient (Wildman–Crippen LogP) is 1.45. The van der Waals surface area contributed by atoms with Crippen molar-refractivity contribution in [1.82, 2.24) is 5.32 Å². The summed E-state index contributed by atoms with van der Waals surface area (Å²) in [6.45, 7) is 3.93. The first-order chi connectivity index (χ1) is 6.64. The highest BCUT2D eigenvalue weighted by Gasteiger charge is 2.39. The summed E-state index contributed by atoms with van der Waals surface area (Å²) in [5, 5.41) is 11.7. The van der Waals surface area contributed by atoms with Crippen molar-refractivity contribution in [2.24, 2.45) is 5.41 Å². The minimum absolute atomic E-state index is 0.0194. The Morgan fingerprint density at radius 1 is 1.50 bits per heavy atom. The van der Waals surface area contributed by atoms with Crippen LogP contribution in [0.4, 0.5) is 0 Å². The van der Waals surface area contributed by atoms with Gasteiger partial charge in [-0.2, -0.15) is 0 Å². The van der Waals surface area contributed by atoms with E-state index in [2.05, 4.69) is 12.2 Å². The summed E-state index contributed by atoms with van der Waals surface area (Å²) in [6, 6.07) is -0.119. The summed E-state index contributed by atoms with van der Waals surface area (Å²) in [5.41, 5.74) is -0.135. The van der Waals surface area contributed by atoms with Crippen LogP contribution in [0.5, 0.6) is 0 Å². The summed E-state index contributed by atoms with van der Waals surface area (Å²) in [5.74, 6) is 0.138. The standard InChI is InChI=1S/C11H21NO2/c1-3-11(6-4-5-7-11)10(14)12-9(2)8-13/h9,13H,3-8H2,1-2H3,(H,12,14)/t9-/m1/s1. The summed E-state index contributed by atoms with van der Waals surface area (Å²) >= 11 is 0. The molecule has 0 bridgehead atoms. The van der Waals surface area contributed by atoms with Crippen molar-refractivity contribution < 1.29 is 9.90 Å². The van der Waals surface area contributed by atoms with Gasteiger partial charge in [-0.1, -0.05) is 19.8 Å². The van der Waals surface area contributed by atoms with Crippen LogP contribution in [0, 0.1) is 5.41 Å². The van der Waals surface area contributed by atoms with E-state index in [-0.39, 0.29) is 24.0 Å². The molecular formula is C11H21NO2. The van der Waals surface area contributed by atoms with Crippen LogP contribution in [0.1, 0.15) is 46.0 Å². The molecule has 0 saturated heterocycles. The Bertz CT molecular complexity index is 197. The first kappa shape index (κ1) is 11.5. The van der Waals surface area contributed by atoms with Gasteiger partial charge in [0.2, 0.25) is 5.91 Å². The molecule has 1 aliphatic rings. The van der Waals surface area contributed by atoms with Gasteiger partial charge in [-0.05, 0) is 26.2 Å². The zero-order chi connectivity index (χ0) is 10.6. The molecule has 0 unspecified atom stereocenters. The number of nitrogens with one attached hydrogen (secondary N) is 1. The zero-order valence-corrected chi connectivity index (χ0v) is 9.18. The molecule has 82 valence electrons. The molecule has 2 N–H and O–H groups in total. The van der Waals surface area contributed by atoms with Crippen molar-refractivity contribution in [1.29, 1.82) is 0 Å². The Labute approximate surface area is 85.9 Å². The lowest BCUT2D eigenvalue weighted by molar-refractivity contribution is -0.132. The van der Waals surface area contributed by atoms with Crippen molar-refractivity contribution in [2.75, 3.05) is 6.61 Å². The topological polar surface area (TPSA) is 49.3 Å². The van der Waals surface area contributed by atoms with Crippen LogP contribution in [0.25, 0.3) is 0 Å². The van der Waals surface area contributed by atoms with Crippen molar-refractivity contribution in [3.05, 3.63) is 0 Å². The zero-order valence-electron chi connectivity index (χ0n) is 9.18. The number of hydrogen-bond acceptors (Lipinski definition) is 2. The second kappa shape index (κ2) is 4.78. The SMILES string of the molecule is CCC1(C(=O)N[C@H](C)CO)CCCC1. The molecule has 1 fully saturated rings. The monoisotopic (exact) mass is 199 g/mol. The molecule has 0 radical (unpaired) electrons. The highest BCUT2D eigenvalue weighted by Crippen LogP contribution is 2.41. The lowest BCUT2D eigenvalue weighted by Gasteiger charge is -2.27. The third-order valence-corrected chi connectivity index (χ3v) is 3.37. The van der Waals surface area contributed by atoms with Gasteiger partial charge in [0.25, 0.3) is 0 Å². The molecule has 0 aromatic carbocycles. The highest BCUT2D eigenvalue weighted by atomic mass is 16.3. The molecule has 0 heterocycles. The molecule has 0 aromatic heterocycles. The maximum atomic E-state index is 11.9. The Balaban J connectivity index is 2.56. The lowest BCUT2D eigenvalue weighted by Crippen LogP contribution is -2.44. The van der Waals surface area contributed by atoms with Crippen LogP contribution in [0.2, 0.25) is 0 Å². The number of rotatable bonds is 4. The Morgan fingerprint density at radius 2 is 2.07 bits per heavy atom. The third-order valence-electron chi connectivity index (χ3n) is 3.37. The second-order valence-electron chi connectivity index (χ2n) is 4.40. The molecule has 1 saturated carbocycles. The van der Waals surface area contributed by atoms with Gasteiger partial charge in [0.1, 0.15) is 0 Å². The van der Waals surface area contributed by atoms with E-state index in [1.165, 1.54) is 0 Å². The second-order valence-corrected chi connectivity index (χ2v) is 4.40. The lowest BCUT2D eigenvalue weighted by atomic mass is 9.82. The van der Waals surface area contributed by atoms with Crippen LogP contribution in [0.15, 0.2) is 0 Å². The molecule has 0 spiro atoms. The van der Waals surface area contributed by atoms with Crippen molar-refractivity contribution >= 4 is 5.91 Å². The predicted molar refractivity (Wildman–Crippen MR) is 55.9 cm³/mol. The van der Waals surface area contributed by atoms with Crippen LogP contribution in [-0.2, 0) is 4.79 Å². The Hall–Kier alpha value is -0.570. The van der Waals surface area contributed by atoms with Crippen molar-refractivity contribution in [3.8, 4) is 0 Å². The Morgan fingerprint density at radius 3 is 2.50 bits per heavy atom. The molecule has 1 atom stereocenters. The molecular weight excluding hydrogens is 178 g/mol. The van der Waals surface area contributed by atoms with Gasteiger partial charge in [0.15, 0.2) is 0 Å². The average molecular weight is 199 g/mol. The largest absolute Gasteiger partial charge is 0.394 e. The molecule has 3 nitrogen and oxygen atoms in total. The third kappa shape index (κ3) is 2.27. The molecule has 0 aliphatic heterocycles.